The maximum atomic E-state index is 4.27. The minimum absolute atomic E-state index is 0.606. The van der Waals surface area contributed by atoms with Crippen molar-refractivity contribution in [1.82, 2.24) is 35.1 Å². The molecule has 2 aromatic heterocycles. The molecule has 0 aliphatic rings. The van der Waals surface area contributed by atoms with Crippen molar-refractivity contribution < 1.29 is 0 Å². The van der Waals surface area contributed by atoms with Gasteiger partial charge in [-0.25, -0.2) is 4.98 Å². The quantitative estimate of drug-likeness (QED) is 0.741. The number of nitrogens with zero attached hydrogens (tertiary/aromatic N) is 6. The van der Waals surface area contributed by atoms with Crippen LogP contribution in [0, 0.1) is 0 Å². The highest BCUT2D eigenvalue weighted by Gasteiger charge is 2.06. The Kier molecular flexibility index (Phi) is 3.25. The number of hydrogen-bond donors (Lipinski definition) is 1. The summed E-state index contributed by atoms with van der Waals surface area (Å²) in [6.07, 6.45) is 3.70. The molecule has 7 nitrogen and oxygen atoms in total. The summed E-state index contributed by atoms with van der Waals surface area (Å²) in [7, 11) is 1.75. The third-order valence-electron chi connectivity index (χ3n) is 2.20. The molecule has 0 aromatic carbocycles. The third kappa shape index (κ3) is 2.43. The van der Waals surface area contributed by atoms with Gasteiger partial charge < -0.3 is 9.88 Å². The molecule has 1 N–H and O–H groups in total. The topological polar surface area (TPSA) is 73.5 Å². The van der Waals surface area contributed by atoms with Gasteiger partial charge in [-0.3, -0.25) is 0 Å². The lowest BCUT2D eigenvalue weighted by atomic mass is 10.5. The van der Waals surface area contributed by atoms with E-state index in [0.29, 0.717) is 12.4 Å². The molecule has 0 spiro atoms. The van der Waals surface area contributed by atoms with Crippen molar-refractivity contribution >= 4 is 0 Å². The SMILES string of the molecule is CCNCc1nccn1Cc1nnn(C)n1. The number of aromatic nitrogens is 6. The summed E-state index contributed by atoms with van der Waals surface area (Å²) < 4.78 is 2.01. The van der Waals surface area contributed by atoms with Crippen LogP contribution < -0.4 is 5.32 Å². The first-order valence-electron chi connectivity index (χ1n) is 5.23. The van der Waals surface area contributed by atoms with E-state index in [1.54, 1.807) is 13.2 Å². The van der Waals surface area contributed by atoms with Crippen LogP contribution >= 0.6 is 0 Å². The standard InChI is InChI=1S/C9H15N7/c1-3-10-6-9-11-4-5-16(9)7-8-12-14-15(2)13-8/h4-5,10H,3,6-7H2,1-2H3. The molecule has 2 heterocycles. The fraction of sp³-hybridized carbons (Fsp3) is 0.556. The Morgan fingerprint density at radius 3 is 3.00 bits per heavy atom. The van der Waals surface area contributed by atoms with E-state index in [1.165, 1.54) is 4.80 Å². The highest BCUT2D eigenvalue weighted by Crippen LogP contribution is 2.00. The predicted octanol–water partition coefficient (Wildman–Crippen LogP) is -0.436. The van der Waals surface area contributed by atoms with E-state index < -0.39 is 0 Å². The van der Waals surface area contributed by atoms with Gasteiger partial charge in [0.15, 0.2) is 5.82 Å². The molecule has 2 rings (SSSR count). The van der Waals surface area contributed by atoms with Crippen molar-refractivity contribution in [2.24, 2.45) is 7.05 Å². The zero-order valence-electron chi connectivity index (χ0n) is 9.46. The summed E-state index contributed by atoms with van der Waals surface area (Å²) in [5, 5.41) is 15.1. The molecule has 0 atom stereocenters. The van der Waals surface area contributed by atoms with Gasteiger partial charge >= 0.3 is 0 Å². The van der Waals surface area contributed by atoms with E-state index in [1.807, 2.05) is 10.8 Å². The molecule has 16 heavy (non-hydrogen) atoms. The molecule has 0 amide bonds. The summed E-state index contributed by atoms with van der Waals surface area (Å²) in [6, 6.07) is 0. The Bertz CT molecular complexity index is 444. The summed E-state index contributed by atoms with van der Waals surface area (Å²) in [6.45, 7) is 4.35. The van der Waals surface area contributed by atoms with Crippen LogP contribution in [0.5, 0.6) is 0 Å². The Morgan fingerprint density at radius 2 is 2.31 bits per heavy atom. The summed E-state index contributed by atoms with van der Waals surface area (Å²) in [5.41, 5.74) is 0. The molecule has 0 saturated heterocycles. The molecular formula is C9H15N7. The lowest BCUT2D eigenvalue weighted by Gasteiger charge is -2.05. The highest BCUT2D eigenvalue weighted by atomic mass is 15.6. The first kappa shape index (κ1) is 10.7. The molecule has 86 valence electrons. The number of hydrogen-bond acceptors (Lipinski definition) is 5. The Hall–Kier alpha value is -1.76. The molecule has 0 aliphatic carbocycles. The zero-order chi connectivity index (χ0) is 11.4. The van der Waals surface area contributed by atoms with Gasteiger partial charge in [0.05, 0.1) is 20.1 Å². The molecule has 2 aromatic rings. The van der Waals surface area contributed by atoms with Crippen molar-refractivity contribution in [2.45, 2.75) is 20.0 Å². The van der Waals surface area contributed by atoms with Crippen LogP contribution in [-0.4, -0.2) is 36.3 Å². The van der Waals surface area contributed by atoms with Gasteiger partial charge in [-0.15, -0.1) is 10.2 Å². The average Bonchev–Trinajstić information content (AvgIpc) is 2.86. The van der Waals surface area contributed by atoms with Crippen LogP contribution in [0.4, 0.5) is 0 Å². The van der Waals surface area contributed by atoms with Crippen LogP contribution in [0.15, 0.2) is 12.4 Å². The molecule has 0 fully saturated rings. The van der Waals surface area contributed by atoms with Crippen molar-refractivity contribution in [3.8, 4) is 0 Å². The average molecular weight is 221 g/mol. The number of imidazole rings is 1. The van der Waals surface area contributed by atoms with Gasteiger partial charge in [0.2, 0.25) is 0 Å². The predicted molar refractivity (Wildman–Crippen MR) is 57.5 cm³/mol. The molecular weight excluding hydrogens is 206 g/mol. The Labute approximate surface area is 93.5 Å². The van der Waals surface area contributed by atoms with Crippen LogP contribution in [0.1, 0.15) is 18.6 Å². The van der Waals surface area contributed by atoms with Crippen molar-refractivity contribution in [1.29, 1.82) is 0 Å². The fourth-order valence-corrected chi connectivity index (χ4v) is 1.43. The molecule has 7 heteroatoms. The van der Waals surface area contributed by atoms with Crippen molar-refractivity contribution in [3.05, 3.63) is 24.0 Å². The minimum Gasteiger partial charge on any atom is -0.326 e. The highest BCUT2D eigenvalue weighted by molar-refractivity contribution is 4.95. The first-order valence-corrected chi connectivity index (χ1v) is 5.23. The van der Waals surface area contributed by atoms with E-state index in [4.69, 9.17) is 0 Å². The van der Waals surface area contributed by atoms with E-state index >= 15 is 0 Å². The van der Waals surface area contributed by atoms with E-state index in [9.17, 15) is 0 Å². The summed E-state index contributed by atoms with van der Waals surface area (Å²) in [5.74, 6) is 1.67. The number of aryl methyl sites for hydroxylation is 1. The van der Waals surface area contributed by atoms with Gasteiger partial charge in [-0.1, -0.05) is 6.92 Å². The summed E-state index contributed by atoms with van der Waals surface area (Å²) in [4.78, 5) is 5.73. The normalized spacial score (nSPS) is 10.9. The van der Waals surface area contributed by atoms with E-state index in [-0.39, 0.29) is 0 Å². The van der Waals surface area contributed by atoms with Crippen LogP contribution in [0.25, 0.3) is 0 Å². The van der Waals surface area contributed by atoms with Gasteiger partial charge in [-0.2, -0.15) is 4.80 Å². The van der Waals surface area contributed by atoms with Gasteiger partial charge in [0.1, 0.15) is 5.82 Å². The van der Waals surface area contributed by atoms with E-state index in [0.717, 1.165) is 18.9 Å². The molecule has 0 radical (unpaired) electrons. The van der Waals surface area contributed by atoms with Crippen LogP contribution in [0.3, 0.4) is 0 Å². The van der Waals surface area contributed by atoms with Gasteiger partial charge in [-0.05, 0) is 11.8 Å². The maximum absolute atomic E-state index is 4.27. The summed E-state index contributed by atoms with van der Waals surface area (Å²) >= 11 is 0. The van der Waals surface area contributed by atoms with Gasteiger partial charge in [0, 0.05) is 12.4 Å². The Morgan fingerprint density at radius 1 is 1.44 bits per heavy atom. The number of nitrogens with one attached hydrogen (secondary N) is 1. The van der Waals surface area contributed by atoms with E-state index in [2.05, 4.69) is 32.6 Å². The molecule has 0 aliphatic heterocycles. The Balaban J connectivity index is 2.06. The molecule has 0 saturated carbocycles. The maximum Gasteiger partial charge on any atom is 0.194 e. The van der Waals surface area contributed by atoms with Crippen LogP contribution in [0.2, 0.25) is 0 Å². The monoisotopic (exact) mass is 221 g/mol. The lowest BCUT2D eigenvalue weighted by molar-refractivity contribution is 0.613. The number of tetrazole rings is 1. The first-order chi connectivity index (χ1) is 7.79. The van der Waals surface area contributed by atoms with Crippen LogP contribution in [-0.2, 0) is 20.1 Å². The second-order valence-corrected chi connectivity index (χ2v) is 3.45. The minimum atomic E-state index is 0.606. The van der Waals surface area contributed by atoms with Crippen molar-refractivity contribution in [2.75, 3.05) is 6.54 Å². The van der Waals surface area contributed by atoms with Crippen molar-refractivity contribution in [3.63, 3.8) is 0 Å². The second kappa shape index (κ2) is 4.84. The zero-order valence-corrected chi connectivity index (χ0v) is 9.46. The second-order valence-electron chi connectivity index (χ2n) is 3.45. The smallest absolute Gasteiger partial charge is 0.194 e. The number of rotatable bonds is 5. The third-order valence-corrected chi connectivity index (χ3v) is 2.20. The van der Waals surface area contributed by atoms with Gasteiger partial charge in [0.25, 0.3) is 0 Å². The lowest BCUT2D eigenvalue weighted by Crippen LogP contribution is -2.16. The largest absolute Gasteiger partial charge is 0.326 e. The molecule has 0 bridgehead atoms. The fourth-order valence-electron chi connectivity index (χ4n) is 1.43. The molecule has 0 unspecified atom stereocenters.